The third kappa shape index (κ3) is 2.02. The van der Waals surface area contributed by atoms with E-state index in [0.717, 1.165) is 30.2 Å². The second-order valence-electron chi connectivity index (χ2n) is 4.58. The van der Waals surface area contributed by atoms with E-state index in [-0.39, 0.29) is 0 Å². The molecule has 0 aliphatic carbocycles. The number of aromatic nitrogens is 1. The van der Waals surface area contributed by atoms with E-state index < -0.39 is 0 Å². The van der Waals surface area contributed by atoms with Crippen molar-refractivity contribution in [1.29, 1.82) is 5.26 Å². The number of piperidine rings is 1. The second kappa shape index (κ2) is 4.87. The Balaban J connectivity index is 1.96. The SMILES string of the molecule is N#Cc1cc(-c2cccs2)[nH]c1N1CCCCC1. The highest BCUT2D eigenvalue weighted by Crippen LogP contribution is 2.31. The van der Waals surface area contributed by atoms with Gasteiger partial charge in [0.25, 0.3) is 0 Å². The van der Waals surface area contributed by atoms with Gasteiger partial charge in [0.05, 0.1) is 16.1 Å². The maximum absolute atomic E-state index is 9.27. The van der Waals surface area contributed by atoms with Gasteiger partial charge in [0.1, 0.15) is 11.9 Å². The number of nitrogens with one attached hydrogen (secondary N) is 1. The number of aromatic amines is 1. The highest BCUT2D eigenvalue weighted by atomic mass is 32.1. The van der Waals surface area contributed by atoms with Crippen molar-refractivity contribution < 1.29 is 0 Å². The molecular weight excluding hydrogens is 242 g/mol. The summed E-state index contributed by atoms with van der Waals surface area (Å²) in [5.41, 5.74) is 1.82. The van der Waals surface area contributed by atoms with Gasteiger partial charge in [-0.1, -0.05) is 6.07 Å². The maximum atomic E-state index is 9.27. The van der Waals surface area contributed by atoms with Gasteiger partial charge in [-0.25, -0.2) is 0 Å². The molecule has 1 saturated heterocycles. The third-order valence-electron chi connectivity index (χ3n) is 3.38. The number of nitrogens with zero attached hydrogens (tertiary/aromatic N) is 2. The van der Waals surface area contributed by atoms with E-state index in [1.807, 2.05) is 12.1 Å². The van der Waals surface area contributed by atoms with Crippen molar-refractivity contribution in [3.05, 3.63) is 29.1 Å². The Kier molecular flexibility index (Phi) is 3.07. The van der Waals surface area contributed by atoms with E-state index >= 15 is 0 Å². The molecule has 1 fully saturated rings. The second-order valence-corrected chi connectivity index (χ2v) is 5.53. The normalized spacial score (nSPS) is 15.6. The molecular formula is C14H15N3S. The number of anilines is 1. The molecule has 1 aliphatic rings. The average Bonchev–Trinajstić information content (AvgIpc) is 3.08. The van der Waals surface area contributed by atoms with Gasteiger partial charge in [0.15, 0.2) is 0 Å². The lowest BCUT2D eigenvalue weighted by molar-refractivity contribution is 0.574. The number of hydrogen-bond donors (Lipinski definition) is 1. The fraction of sp³-hybridized carbons (Fsp3) is 0.357. The first-order valence-corrected chi connectivity index (χ1v) is 7.18. The first kappa shape index (κ1) is 11.4. The molecule has 1 N–H and O–H groups in total. The minimum atomic E-state index is 0.764. The predicted octanol–water partition coefficient (Wildman–Crippen LogP) is 3.61. The zero-order valence-electron chi connectivity index (χ0n) is 10.1. The minimum Gasteiger partial charge on any atom is -0.357 e. The standard InChI is InChI=1S/C14H15N3S/c15-10-11-9-12(13-5-4-8-18-13)16-14(11)17-6-2-1-3-7-17/h4-5,8-9,16H,1-3,6-7H2. The number of rotatable bonds is 2. The number of H-pyrrole nitrogens is 1. The van der Waals surface area contributed by atoms with Crippen LogP contribution in [0.4, 0.5) is 5.82 Å². The summed E-state index contributed by atoms with van der Waals surface area (Å²) in [4.78, 5) is 6.91. The molecule has 3 rings (SSSR count). The predicted molar refractivity (Wildman–Crippen MR) is 74.9 cm³/mol. The first-order valence-electron chi connectivity index (χ1n) is 6.30. The van der Waals surface area contributed by atoms with Crippen LogP contribution in [0.3, 0.4) is 0 Å². The highest BCUT2D eigenvalue weighted by Gasteiger charge is 2.18. The van der Waals surface area contributed by atoms with E-state index in [4.69, 9.17) is 0 Å². The lowest BCUT2D eigenvalue weighted by atomic mass is 10.1. The summed E-state index contributed by atoms with van der Waals surface area (Å²) < 4.78 is 0. The molecule has 3 heterocycles. The molecule has 1 aliphatic heterocycles. The van der Waals surface area contributed by atoms with Gasteiger partial charge in [0, 0.05) is 13.1 Å². The van der Waals surface area contributed by atoms with Gasteiger partial charge >= 0.3 is 0 Å². The van der Waals surface area contributed by atoms with Crippen molar-refractivity contribution in [2.24, 2.45) is 0 Å². The van der Waals surface area contributed by atoms with Crippen molar-refractivity contribution in [2.75, 3.05) is 18.0 Å². The first-order chi connectivity index (χ1) is 8.88. The molecule has 2 aromatic rings. The van der Waals surface area contributed by atoms with Gasteiger partial charge in [0.2, 0.25) is 0 Å². The zero-order valence-corrected chi connectivity index (χ0v) is 11.0. The van der Waals surface area contributed by atoms with Crippen LogP contribution in [0.15, 0.2) is 23.6 Å². The molecule has 92 valence electrons. The smallest absolute Gasteiger partial charge is 0.124 e. The molecule has 0 atom stereocenters. The van der Waals surface area contributed by atoms with E-state index in [0.29, 0.717) is 0 Å². The van der Waals surface area contributed by atoms with Gasteiger partial charge in [-0.2, -0.15) is 5.26 Å². The molecule has 4 heteroatoms. The molecule has 0 aromatic carbocycles. The summed E-state index contributed by atoms with van der Waals surface area (Å²) in [5.74, 6) is 1.00. The summed E-state index contributed by atoms with van der Waals surface area (Å²) in [5, 5.41) is 11.3. The van der Waals surface area contributed by atoms with E-state index in [1.165, 1.54) is 24.1 Å². The van der Waals surface area contributed by atoms with E-state index in [2.05, 4.69) is 27.4 Å². The topological polar surface area (TPSA) is 42.8 Å². The van der Waals surface area contributed by atoms with Gasteiger partial charge in [-0.15, -0.1) is 11.3 Å². The fourth-order valence-electron chi connectivity index (χ4n) is 2.46. The Hall–Kier alpha value is -1.73. The summed E-state index contributed by atoms with van der Waals surface area (Å²) >= 11 is 1.70. The Bertz CT molecular complexity index is 556. The molecule has 0 spiro atoms. The Morgan fingerprint density at radius 2 is 2.11 bits per heavy atom. The van der Waals surface area contributed by atoms with E-state index in [1.54, 1.807) is 11.3 Å². The largest absolute Gasteiger partial charge is 0.357 e. The monoisotopic (exact) mass is 257 g/mol. The van der Waals surface area contributed by atoms with Crippen molar-refractivity contribution in [1.82, 2.24) is 4.98 Å². The van der Waals surface area contributed by atoms with Crippen LogP contribution >= 0.6 is 11.3 Å². The van der Waals surface area contributed by atoms with Crippen molar-refractivity contribution in [3.8, 4) is 16.6 Å². The molecule has 0 radical (unpaired) electrons. The fourth-order valence-corrected chi connectivity index (χ4v) is 3.16. The lowest BCUT2D eigenvalue weighted by Gasteiger charge is -2.27. The third-order valence-corrected chi connectivity index (χ3v) is 4.28. The summed E-state index contributed by atoms with van der Waals surface area (Å²) in [6, 6.07) is 8.39. The van der Waals surface area contributed by atoms with Crippen LogP contribution in [0.5, 0.6) is 0 Å². The average molecular weight is 257 g/mol. The van der Waals surface area contributed by atoms with Crippen LogP contribution in [-0.2, 0) is 0 Å². The zero-order chi connectivity index (χ0) is 12.4. The summed E-state index contributed by atoms with van der Waals surface area (Å²) in [7, 11) is 0. The van der Waals surface area contributed by atoms with Gasteiger partial charge < -0.3 is 9.88 Å². The van der Waals surface area contributed by atoms with Crippen LogP contribution in [0.25, 0.3) is 10.6 Å². The molecule has 0 amide bonds. The van der Waals surface area contributed by atoms with Crippen LogP contribution in [0.1, 0.15) is 24.8 Å². The molecule has 3 nitrogen and oxygen atoms in total. The van der Waals surface area contributed by atoms with Gasteiger partial charge in [-0.3, -0.25) is 0 Å². The molecule has 0 unspecified atom stereocenters. The number of nitriles is 1. The van der Waals surface area contributed by atoms with E-state index in [9.17, 15) is 5.26 Å². The number of hydrogen-bond acceptors (Lipinski definition) is 3. The van der Waals surface area contributed by atoms with Crippen LogP contribution in [0.2, 0.25) is 0 Å². The van der Waals surface area contributed by atoms with Gasteiger partial charge in [-0.05, 0) is 36.8 Å². The Morgan fingerprint density at radius 1 is 1.28 bits per heavy atom. The quantitative estimate of drug-likeness (QED) is 0.893. The molecule has 18 heavy (non-hydrogen) atoms. The van der Waals surface area contributed by atoms with Crippen LogP contribution in [0, 0.1) is 11.3 Å². The summed E-state index contributed by atoms with van der Waals surface area (Å²) in [6.45, 7) is 2.11. The van der Waals surface area contributed by atoms with Crippen molar-refractivity contribution in [3.63, 3.8) is 0 Å². The molecule has 2 aromatic heterocycles. The van der Waals surface area contributed by atoms with Crippen LogP contribution < -0.4 is 4.90 Å². The molecule has 0 bridgehead atoms. The minimum absolute atomic E-state index is 0.764. The number of thiophene rings is 1. The van der Waals surface area contributed by atoms with Crippen molar-refractivity contribution in [2.45, 2.75) is 19.3 Å². The molecule has 0 saturated carbocycles. The van der Waals surface area contributed by atoms with Crippen LogP contribution in [-0.4, -0.2) is 18.1 Å². The summed E-state index contributed by atoms with van der Waals surface area (Å²) in [6.07, 6.45) is 3.74. The maximum Gasteiger partial charge on any atom is 0.124 e. The van der Waals surface area contributed by atoms with Crippen molar-refractivity contribution >= 4 is 17.2 Å². The highest BCUT2D eigenvalue weighted by molar-refractivity contribution is 7.13. The lowest BCUT2D eigenvalue weighted by Crippen LogP contribution is -2.30. The Morgan fingerprint density at radius 3 is 2.78 bits per heavy atom. The Labute approximate surface area is 111 Å².